The first kappa shape index (κ1) is 13.0. The Balaban J connectivity index is 2.91. The van der Waals surface area contributed by atoms with Crippen LogP contribution in [0, 0.1) is 5.92 Å². The molecule has 0 aliphatic carbocycles. The molecule has 1 atom stereocenters. The van der Waals surface area contributed by atoms with Gasteiger partial charge in [-0.3, -0.25) is 4.79 Å². The Hall–Kier alpha value is -1.06. The summed E-state index contributed by atoms with van der Waals surface area (Å²) in [6, 6.07) is 5.06. The van der Waals surface area contributed by atoms with Crippen molar-refractivity contribution in [3.8, 4) is 5.75 Å². The molecule has 0 heterocycles. The molecule has 0 aliphatic rings. The predicted octanol–water partition coefficient (Wildman–Crippen LogP) is 2.52. The number of carbonyl (C=O) groups is 1. The predicted molar refractivity (Wildman–Crippen MR) is 65.2 cm³/mol. The van der Waals surface area contributed by atoms with Crippen LogP contribution in [-0.2, 0) is 0 Å². The van der Waals surface area contributed by atoms with Gasteiger partial charge in [-0.2, -0.15) is 0 Å². The number of hydrogen-bond acceptors (Lipinski definition) is 3. The number of hydrogen-bond donors (Lipinski definition) is 1. The molecule has 0 saturated carbocycles. The van der Waals surface area contributed by atoms with E-state index in [9.17, 15) is 4.79 Å². The van der Waals surface area contributed by atoms with Crippen LogP contribution in [0.2, 0.25) is 5.02 Å². The average Bonchev–Trinajstić information content (AvgIpc) is 2.28. The van der Waals surface area contributed by atoms with E-state index < -0.39 is 0 Å². The fourth-order valence-electron chi connectivity index (χ4n) is 1.47. The summed E-state index contributed by atoms with van der Waals surface area (Å²) in [5.74, 6) is 0.571. The molecule has 0 amide bonds. The average molecular weight is 242 g/mol. The first-order chi connectivity index (χ1) is 7.60. The van der Waals surface area contributed by atoms with E-state index in [2.05, 4.69) is 0 Å². The Kier molecular flexibility index (Phi) is 4.77. The van der Waals surface area contributed by atoms with Crippen molar-refractivity contribution in [2.45, 2.75) is 13.3 Å². The second kappa shape index (κ2) is 5.87. The van der Waals surface area contributed by atoms with E-state index >= 15 is 0 Å². The van der Waals surface area contributed by atoms with Gasteiger partial charge in [0.15, 0.2) is 5.78 Å². The van der Waals surface area contributed by atoms with Gasteiger partial charge in [0.1, 0.15) is 5.75 Å². The second-order valence-corrected chi connectivity index (χ2v) is 4.10. The SMILES string of the molecule is COc1ccc(C(=O)C(C)CCN)c(Cl)c1. The number of nitrogens with two attached hydrogens (primary N) is 1. The smallest absolute Gasteiger partial charge is 0.167 e. The zero-order valence-electron chi connectivity index (χ0n) is 9.50. The summed E-state index contributed by atoms with van der Waals surface area (Å²) >= 11 is 6.02. The fourth-order valence-corrected chi connectivity index (χ4v) is 1.73. The molecule has 0 bridgehead atoms. The van der Waals surface area contributed by atoms with Crippen molar-refractivity contribution in [2.75, 3.05) is 13.7 Å². The standard InChI is InChI=1S/C12H16ClNO2/c1-8(5-6-14)12(15)10-4-3-9(16-2)7-11(10)13/h3-4,7-8H,5-6,14H2,1-2H3. The minimum absolute atomic E-state index is 0.0260. The van der Waals surface area contributed by atoms with Crippen LogP contribution in [0.25, 0.3) is 0 Å². The Labute approximate surface area is 101 Å². The van der Waals surface area contributed by atoms with Crippen molar-refractivity contribution in [1.82, 2.24) is 0 Å². The number of carbonyl (C=O) groups excluding carboxylic acids is 1. The van der Waals surface area contributed by atoms with Gasteiger partial charge in [0.2, 0.25) is 0 Å². The van der Waals surface area contributed by atoms with Crippen molar-refractivity contribution >= 4 is 17.4 Å². The highest BCUT2D eigenvalue weighted by molar-refractivity contribution is 6.34. The van der Waals surface area contributed by atoms with Gasteiger partial charge in [-0.25, -0.2) is 0 Å². The Morgan fingerprint density at radius 3 is 2.75 bits per heavy atom. The lowest BCUT2D eigenvalue weighted by Gasteiger charge is -2.11. The second-order valence-electron chi connectivity index (χ2n) is 3.69. The van der Waals surface area contributed by atoms with Gasteiger partial charge >= 0.3 is 0 Å². The summed E-state index contributed by atoms with van der Waals surface area (Å²) in [7, 11) is 1.56. The number of ketones is 1. The third kappa shape index (κ3) is 2.97. The van der Waals surface area contributed by atoms with Crippen LogP contribution in [0.3, 0.4) is 0 Å². The number of Topliss-reactive ketones (excluding diaryl/α,β-unsaturated/α-hetero) is 1. The molecule has 1 aromatic rings. The Bertz CT molecular complexity index is 379. The van der Waals surface area contributed by atoms with E-state index in [0.29, 0.717) is 29.3 Å². The topological polar surface area (TPSA) is 52.3 Å². The molecule has 0 radical (unpaired) electrons. The van der Waals surface area contributed by atoms with E-state index in [1.807, 2.05) is 6.92 Å². The first-order valence-corrected chi connectivity index (χ1v) is 5.55. The van der Waals surface area contributed by atoms with Gasteiger partial charge in [-0.05, 0) is 31.2 Å². The quantitative estimate of drug-likeness (QED) is 0.806. The summed E-state index contributed by atoms with van der Waals surface area (Å²) in [6.07, 6.45) is 0.668. The normalized spacial score (nSPS) is 12.2. The van der Waals surface area contributed by atoms with E-state index in [4.69, 9.17) is 22.1 Å². The van der Waals surface area contributed by atoms with Crippen LogP contribution in [-0.4, -0.2) is 19.4 Å². The highest BCUT2D eigenvalue weighted by Gasteiger charge is 2.17. The van der Waals surface area contributed by atoms with Crippen LogP contribution in [0.1, 0.15) is 23.7 Å². The molecule has 88 valence electrons. The molecule has 0 fully saturated rings. The van der Waals surface area contributed by atoms with Gasteiger partial charge in [0.05, 0.1) is 12.1 Å². The summed E-state index contributed by atoms with van der Waals surface area (Å²) in [6.45, 7) is 2.36. The highest BCUT2D eigenvalue weighted by Crippen LogP contribution is 2.25. The lowest BCUT2D eigenvalue weighted by atomic mass is 9.96. The van der Waals surface area contributed by atoms with Gasteiger partial charge in [-0.15, -0.1) is 0 Å². The largest absolute Gasteiger partial charge is 0.497 e. The molecule has 2 N–H and O–H groups in total. The monoisotopic (exact) mass is 241 g/mol. The summed E-state index contributed by atoms with van der Waals surface area (Å²) in [5, 5.41) is 0.424. The van der Waals surface area contributed by atoms with Gasteiger partial charge < -0.3 is 10.5 Å². The van der Waals surface area contributed by atoms with Crippen LogP contribution in [0.15, 0.2) is 18.2 Å². The minimum Gasteiger partial charge on any atom is -0.497 e. The van der Waals surface area contributed by atoms with Gasteiger partial charge in [0.25, 0.3) is 0 Å². The highest BCUT2D eigenvalue weighted by atomic mass is 35.5. The summed E-state index contributed by atoms with van der Waals surface area (Å²) in [4.78, 5) is 12.0. The molecule has 0 aliphatic heterocycles. The Morgan fingerprint density at radius 2 is 2.25 bits per heavy atom. The van der Waals surface area contributed by atoms with E-state index in [1.54, 1.807) is 25.3 Å². The first-order valence-electron chi connectivity index (χ1n) is 5.18. The summed E-state index contributed by atoms with van der Waals surface area (Å²) in [5.41, 5.74) is 5.95. The molecular weight excluding hydrogens is 226 g/mol. The molecule has 1 rings (SSSR count). The molecule has 0 saturated heterocycles. The third-order valence-corrected chi connectivity index (χ3v) is 2.80. The van der Waals surface area contributed by atoms with Crippen molar-refractivity contribution in [1.29, 1.82) is 0 Å². The van der Waals surface area contributed by atoms with E-state index in [1.165, 1.54) is 0 Å². The van der Waals surface area contributed by atoms with E-state index in [0.717, 1.165) is 0 Å². The fraction of sp³-hybridized carbons (Fsp3) is 0.417. The lowest BCUT2D eigenvalue weighted by Crippen LogP contribution is -2.16. The third-order valence-electron chi connectivity index (χ3n) is 2.49. The molecule has 4 heteroatoms. The maximum atomic E-state index is 12.0. The number of halogens is 1. The van der Waals surface area contributed by atoms with Gasteiger partial charge in [0, 0.05) is 11.5 Å². The molecule has 1 aromatic carbocycles. The zero-order valence-corrected chi connectivity index (χ0v) is 10.3. The number of methoxy groups -OCH3 is 1. The van der Waals surface area contributed by atoms with Crippen molar-refractivity contribution in [3.63, 3.8) is 0 Å². The van der Waals surface area contributed by atoms with Crippen molar-refractivity contribution in [3.05, 3.63) is 28.8 Å². The van der Waals surface area contributed by atoms with Crippen LogP contribution >= 0.6 is 11.6 Å². The maximum Gasteiger partial charge on any atom is 0.167 e. The minimum atomic E-state index is -0.101. The summed E-state index contributed by atoms with van der Waals surface area (Å²) < 4.78 is 5.02. The van der Waals surface area contributed by atoms with Crippen LogP contribution in [0.5, 0.6) is 5.75 Å². The molecule has 16 heavy (non-hydrogen) atoms. The van der Waals surface area contributed by atoms with Gasteiger partial charge in [-0.1, -0.05) is 18.5 Å². The van der Waals surface area contributed by atoms with Crippen LogP contribution in [0.4, 0.5) is 0 Å². The van der Waals surface area contributed by atoms with Crippen LogP contribution < -0.4 is 10.5 Å². The number of ether oxygens (including phenoxy) is 1. The van der Waals surface area contributed by atoms with Crippen molar-refractivity contribution < 1.29 is 9.53 Å². The number of rotatable bonds is 5. The van der Waals surface area contributed by atoms with E-state index in [-0.39, 0.29) is 11.7 Å². The lowest BCUT2D eigenvalue weighted by molar-refractivity contribution is 0.0925. The number of benzene rings is 1. The molecular formula is C12H16ClNO2. The molecule has 0 aromatic heterocycles. The maximum absolute atomic E-state index is 12.0. The Morgan fingerprint density at radius 1 is 1.56 bits per heavy atom. The van der Waals surface area contributed by atoms with Crippen molar-refractivity contribution in [2.24, 2.45) is 11.7 Å². The molecule has 1 unspecified atom stereocenters. The molecule has 0 spiro atoms. The zero-order chi connectivity index (χ0) is 12.1. The molecule has 3 nitrogen and oxygen atoms in total.